The number of ether oxygens (including phenoxy) is 1. The van der Waals surface area contributed by atoms with E-state index in [2.05, 4.69) is 36.1 Å². The molecule has 0 fully saturated rings. The fraction of sp³-hybridized carbons (Fsp3) is 0.294. The highest BCUT2D eigenvalue weighted by Crippen LogP contribution is 2.37. The lowest BCUT2D eigenvalue weighted by atomic mass is 10.1. The van der Waals surface area contributed by atoms with E-state index >= 15 is 0 Å². The Morgan fingerprint density at radius 2 is 2.10 bits per heavy atom. The first-order valence-electron chi connectivity index (χ1n) is 7.00. The van der Waals surface area contributed by atoms with Gasteiger partial charge in [0.05, 0.1) is 12.1 Å². The summed E-state index contributed by atoms with van der Waals surface area (Å²) < 4.78 is 5.17. The maximum absolute atomic E-state index is 9.82. The van der Waals surface area contributed by atoms with E-state index in [1.165, 1.54) is 18.4 Å². The molecule has 0 aliphatic carbocycles. The van der Waals surface area contributed by atoms with Gasteiger partial charge in [0.25, 0.3) is 0 Å². The number of methoxy groups -OCH3 is 1. The minimum Gasteiger partial charge on any atom is -0.503 e. The highest BCUT2D eigenvalue weighted by Gasteiger charge is 2.25. The van der Waals surface area contributed by atoms with Crippen LogP contribution >= 0.6 is 11.6 Å². The molecule has 0 bridgehead atoms. The molecule has 2 aromatic carbocycles. The zero-order chi connectivity index (χ0) is 15.0. The van der Waals surface area contributed by atoms with Gasteiger partial charge in [-0.25, -0.2) is 0 Å². The monoisotopic (exact) mass is 303 g/mol. The van der Waals surface area contributed by atoms with Crippen molar-refractivity contribution in [2.75, 3.05) is 12.0 Å². The third kappa shape index (κ3) is 2.54. The molecule has 0 spiro atoms. The molecule has 0 radical (unpaired) electrons. The second kappa shape index (κ2) is 5.49. The molecule has 1 unspecified atom stereocenters. The molecule has 1 atom stereocenters. The quantitative estimate of drug-likeness (QED) is 0.930. The van der Waals surface area contributed by atoms with Gasteiger partial charge in [0.15, 0.2) is 11.5 Å². The maximum atomic E-state index is 9.82. The Balaban J connectivity index is 1.92. The summed E-state index contributed by atoms with van der Waals surface area (Å²) in [5.41, 5.74) is 3.67. The molecule has 1 N–H and O–H groups in total. The third-order valence-corrected chi connectivity index (χ3v) is 4.30. The Bertz CT molecular complexity index is 672. The van der Waals surface area contributed by atoms with Crippen LogP contribution in [0.3, 0.4) is 0 Å². The van der Waals surface area contributed by atoms with Gasteiger partial charge >= 0.3 is 0 Å². The predicted molar refractivity (Wildman–Crippen MR) is 85.5 cm³/mol. The molecule has 0 saturated heterocycles. The summed E-state index contributed by atoms with van der Waals surface area (Å²) in [5, 5.41) is 10.1. The molecule has 1 aliphatic rings. The van der Waals surface area contributed by atoms with E-state index in [4.69, 9.17) is 16.3 Å². The number of anilines is 1. The number of benzene rings is 2. The van der Waals surface area contributed by atoms with Crippen LogP contribution in [0, 0.1) is 0 Å². The first-order valence-corrected chi connectivity index (χ1v) is 7.38. The second-order valence-corrected chi connectivity index (χ2v) is 5.85. The molecule has 110 valence electrons. The van der Waals surface area contributed by atoms with Crippen LogP contribution in [0.25, 0.3) is 0 Å². The average Bonchev–Trinajstić information content (AvgIpc) is 2.79. The van der Waals surface area contributed by atoms with E-state index < -0.39 is 0 Å². The number of aromatic hydroxyl groups is 1. The molecule has 1 aliphatic heterocycles. The fourth-order valence-corrected chi connectivity index (χ4v) is 3.17. The van der Waals surface area contributed by atoms with Gasteiger partial charge in [-0.2, -0.15) is 0 Å². The zero-order valence-corrected chi connectivity index (χ0v) is 12.9. The van der Waals surface area contributed by atoms with Gasteiger partial charge in [0.2, 0.25) is 0 Å². The number of rotatable bonds is 3. The molecular formula is C17H18ClNO2. The zero-order valence-electron chi connectivity index (χ0n) is 12.1. The average molecular weight is 304 g/mol. The summed E-state index contributed by atoms with van der Waals surface area (Å²) in [6, 6.07) is 12.6. The summed E-state index contributed by atoms with van der Waals surface area (Å²) in [6.45, 7) is 2.97. The van der Waals surface area contributed by atoms with Gasteiger partial charge in [-0.15, -0.1) is 0 Å². The van der Waals surface area contributed by atoms with Crippen molar-refractivity contribution in [1.82, 2.24) is 0 Å². The van der Waals surface area contributed by atoms with Crippen LogP contribution in [-0.4, -0.2) is 18.3 Å². The molecule has 3 nitrogen and oxygen atoms in total. The molecule has 1 heterocycles. The number of fused-ring (bicyclic) bond motifs is 1. The Labute approximate surface area is 129 Å². The van der Waals surface area contributed by atoms with E-state index in [0.717, 1.165) is 18.5 Å². The Kier molecular flexibility index (Phi) is 3.68. The normalized spacial score (nSPS) is 16.9. The van der Waals surface area contributed by atoms with Crippen LogP contribution in [0.15, 0.2) is 36.4 Å². The van der Waals surface area contributed by atoms with Gasteiger partial charge in [-0.1, -0.05) is 29.8 Å². The molecular weight excluding hydrogens is 286 g/mol. The van der Waals surface area contributed by atoms with Crippen molar-refractivity contribution in [3.63, 3.8) is 0 Å². The molecule has 3 rings (SSSR count). The minimum absolute atomic E-state index is 0.00205. The maximum Gasteiger partial charge on any atom is 0.176 e. The largest absolute Gasteiger partial charge is 0.503 e. The summed E-state index contributed by atoms with van der Waals surface area (Å²) in [7, 11) is 1.53. The number of halogens is 1. The number of phenolic OH excluding ortho intramolecular Hbond substituents is 1. The first-order chi connectivity index (χ1) is 10.1. The Morgan fingerprint density at radius 1 is 1.33 bits per heavy atom. The van der Waals surface area contributed by atoms with Crippen molar-refractivity contribution in [3.8, 4) is 11.5 Å². The van der Waals surface area contributed by atoms with E-state index in [1.54, 1.807) is 6.07 Å². The Morgan fingerprint density at radius 3 is 2.86 bits per heavy atom. The van der Waals surface area contributed by atoms with E-state index in [9.17, 15) is 5.11 Å². The van der Waals surface area contributed by atoms with Crippen LogP contribution in [-0.2, 0) is 13.0 Å². The van der Waals surface area contributed by atoms with Crippen LogP contribution in [0.4, 0.5) is 5.69 Å². The topological polar surface area (TPSA) is 32.7 Å². The Hall–Kier alpha value is -1.87. The number of phenols is 1. The minimum atomic E-state index is -0.00205. The highest BCUT2D eigenvalue weighted by atomic mass is 35.5. The van der Waals surface area contributed by atoms with Crippen LogP contribution < -0.4 is 9.64 Å². The van der Waals surface area contributed by atoms with E-state index in [1.807, 2.05) is 6.07 Å². The number of nitrogens with zero attached hydrogens (tertiary/aromatic N) is 1. The molecule has 4 heteroatoms. The van der Waals surface area contributed by atoms with Crippen LogP contribution in [0.2, 0.25) is 5.02 Å². The smallest absolute Gasteiger partial charge is 0.176 e. The van der Waals surface area contributed by atoms with Gasteiger partial charge in [0, 0.05) is 18.3 Å². The highest BCUT2D eigenvalue weighted by molar-refractivity contribution is 6.32. The van der Waals surface area contributed by atoms with Crippen molar-refractivity contribution in [1.29, 1.82) is 0 Å². The molecule has 21 heavy (non-hydrogen) atoms. The van der Waals surface area contributed by atoms with Gasteiger partial charge in [-0.05, 0) is 42.7 Å². The summed E-state index contributed by atoms with van der Waals surface area (Å²) in [6.07, 6.45) is 1.05. The van der Waals surface area contributed by atoms with Gasteiger partial charge in [-0.3, -0.25) is 0 Å². The van der Waals surface area contributed by atoms with Crippen molar-refractivity contribution < 1.29 is 9.84 Å². The summed E-state index contributed by atoms with van der Waals surface area (Å²) in [4.78, 5) is 2.36. The number of hydrogen-bond donors (Lipinski definition) is 1. The first kappa shape index (κ1) is 14.1. The second-order valence-electron chi connectivity index (χ2n) is 5.44. The van der Waals surface area contributed by atoms with Crippen molar-refractivity contribution in [3.05, 3.63) is 52.5 Å². The standard InChI is InChI=1S/C17H18ClNO2/c1-11-7-13-5-3-4-6-15(13)19(11)10-12-8-14(18)17(20)16(9-12)21-2/h3-6,8-9,11,20H,7,10H2,1-2H3. The molecule has 0 aromatic heterocycles. The molecule has 0 saturated carbocycles. The van der Waals surface area contributed by atoms with Gasteiger partial charge < -0.3 is 14.7 Å². The lowest BCUT2D eigenvalue weighted by molar-refractivity contribution is 0.373. The van der Waals surface area contributed by atoms with Crippen LogP contribution in [0.1, 0.15) is 18.1 Å². The SMILES string of the molecule is COc1cc(CN2c3ccccc3CC2C)cc(Cl)c1O. The van der Waals surface area contributed by atoms with Crippen molar-refractivity contribution in [2.45, 2.75) is 25.9 Å². The third-order valence-electron chi connectivity index (χ3n) is 4.01. The summed E-state index contributed by atoms with van der Waals surface area (Å²) >= 11 is 6.07. The van der Waals surface area contributed by atoms with Crippen LogP contribution in [0.5, 0.6) is 11.5 Å². The molecule has 0 amide bonds. The van der Waals surface area contributed by atoms with E-state index in [0.29, 0.717) is 16.8 Å². The predicted octanol–water partition coefficient (Wildman–Crippen LogP) is 4.01. The van der Waals surface area contributed by atoms with E-state index in [-0.39, 0.29) is 5.75 Å². The fourth-order valence-electron chi connectivity index (χ4n) is 2.94. The van der Waals surface area contributed by atoms with Crippen molar-refractivity contribution in [2.24, 2.45) is 0 Å². The lowest BCUT2D eigenvalue weighted by Gasteiger charge is -2.25. The van der Waals surface area contributed by atoms with Gasteiger partial charge in [0.1, 0.15) is 0 Å². The van der Waals surface area contributed by atoms with Crippen molar-refractivity contribution >= 4 is 17.3 Å². The molecule has 2 aromatic rings. The number of para-hydroxylation sites is 1. The summed E-state index contributed by atoms with van der Waals surface area (Å²) in [5.74, 6) is 0.412. The number of hydrogen-bond acceptors (Lipinski definition) is 3. The lowest BCUT2D eigenvalue weighted by Crippen LogP contribution is -2.28.